The van der Waals surface area contributed by atoms with E-state index in [4.69, 9.17) is 0 Å². The Balaban J connectivity index is 0.000000185. The fraction of sp³-hybridized carbons (Fsp3) is 0.294. The molecule has 3 nitrogen and oxygen atoms in total. The van der Waals surface area contributed by atoms with E-state index in [0.717, 1.165) is 0 Å². The second-order valence-electron chi connectivity index (χ2n) is 17.1. The first-order valence-electron chi connectivity index (χ1n) is 19.1. The molecule has 0 heterocycles. The van der Waals surface area contributed by atoms with Gasteiger partial charge in [-0.1, -0.05) is 153 Å². The van der Waals surface area contributed by atoms with Crippen molar-refractivity contribution in [1.29, 1.82) is 0 Å². The Morgan fingerprint density at radius 3 is 0.574 bits per heavy atom. The molecular formula is C51H63N3. The SMILES string of the molecule is CN(c1ccc(C(C)(C)C)cc1)c1ccc(C(C)(C)C)cc1.CN(c1ccccc1)c1ccc(C(C)(C)C)cc1.CN(c1ccccc1)c1ccccc1. The van der Waals surface area contributed by atoms with Gasteiger partial charge in [-0.25, -0.2) is 0 Å². The first-order valence-corrected chi connectivity index (χ1v) is 19.1. The lowest BCUT2D eigenvalue weighted by atomic mass is 9.87. The molecule has 0 fully saturated rings. The van der Waals surface area contributed by atoms with Gasteiger partial charge in [-0.2, -0.15) is 0 Å². The maximum atomic E-state index is 2.25. The number of benzene rings is 6. The average Bonchev–Trinajstić information content (AvgIpc) is 3.18. The van der Waals surface area contributed by atoms with Crippen LogP contribution in [0.4, 0.5) is 34.1 Å². The van der Waals surface area contributed by atoms with Gasteiger partial charge in [0.15, 0.2) is 0 Å². The van der Waals surface area contributed by atoms with Crippen LogP contribution >= 0.6 is 0 Å². The van der Waals surface area contributed by atoms with Crippen molar-refractivity contribution >= 4 is 34.1 Å². The third kappa shape index (κ3) is 11.9. The fourth-order valence-corrected chi connectivity index (χ4v) is 5.96. The van der Waals surface area contributed by atoms with E-state index in [1.165, 1.54) is 50.8 Å². The van der Waals surface area contributed by atoms with Crippen molar-refractivity contribution in [3.05, 3.63) is 180 Å². The van der Waals surface area contributed by atoms with Gasteiger partial charge in [-0.15, -0.1) is 0 Å². The van der Waals surface area contributed by atoms with Gasteiger partial charge in [-0.05, 0) is 106 Å². The normalized spacial score (nSPS) is 11.3. The number of rotatable bonds is 6. The highest BCUT2D eigenvalue weighted by Crippen LogP contribution is 2.31. The molecule has 0 atom stereocenters. The Bertz CT molecular complexity index is 1850. The molecule has 0 aliphatic rings. The predicted molar refractivity (Wildman–Crippen MR) is 239 cm³/mol. The van der Waals surface area contributed by atoms with Gasteiger partial charge in [0.1, 0.15) is 0 Å². The smallest absolute Gasteiger partial charge is 0.0408 e. The number of anilines is 6. The van der Waals surface area contributed by atoms with Crippen molar-refractivity contribution in [2.75, 3.05) is 35.8 Å². The summed E-state index contributed by atoms with van der Waals surface area (Å²) in [5, 5.41) is 0. The van der Waals surface area contributed by atoms with E-state index < -0.39 is 0 Å². The Labute approximate surface area is 327 Å². The molecule has 54 heavy (non-hydrogen) atoms. The van der Waals surface area contributed by atoms with Crippen LogP contribution in [-0.2, 0) is 16.2 Å². The summed E-state index contributed by atoms with van der Waals surface area (Å²) in [7, 11) is 6.30. The minimum Gasteiger partial charge on any atom is -0.345 e. The van der Waals surface area contributed by atoms with E-state index in [0.29, 0.717) is 0 Å². The number of hydrogen-bond donors (Lipinski definition) is 0. The molecule has 0 aromatic heterocycles. The molecule has 6 aromatic carbocycles. The van der Waals surface area contributed by atoms with E-state index in [2.05, 4.69) is 244 Å². The van der Waals surface area contributed by atoms with E-state index in [9.17, 15) is 0 Å². The summed E-state index contributed by atoms with van der Waals surface area (Å²) < 4.78 is 0. The van der Waals surface area contributed by atoms with Gasteiger partial charge in [0.2, 0.25) is 0 Å². The second-order valence-corrected chi connectivity index (χ2v) is 17.1. The van der Waals surface area contributed by atoms with Crippen LogP contribution in [-0.4, -0.2) is 21.1 Å². The summed E-state index contributed by atoms with van der Waals surface area (Å²) in [5.41, 5.74) is 12.0. The molecule has 3 heteroatoms. The summed E-state index contributed by atoms with van der Waals surface area (Å²) in [6.07, 6.45) is 0. The zero-order chi connectivity index (χ0) is 39.5. The van der Waals surface area contributed by atoms with E-state index >= 15 is 0 Å². The van der Waals surface area contributed by atoms with Crippen molar-refractivity contribution in [3.8, 4) is 0 Å². The summed E-state index contributed by atoms with van der Waals surface area (Å²) in [4.78, 5) is 6.60. The minimum absolute atomic E-state index is 0.200. The topological polar surface area (TPSA) is 9.72 Å². The average molecular weight is 718 g/mol. The molecule has 0 saturated carbocycles. The summed E-state index contributed by atoms with van der Waals surface area (Å²) in [5.74, 6) is 0. The van der Waals surface area contributed by atoms with Crippen LogP contribution in [0.1, 0.15) is 79.0 Å². The lowest BCUT2D eigenvalue weighted by molar-refractivity contribution is 0.590. The highest BCUT2D eigenvalue weighted by atomic mass is 15.1. The minimum atomic E-state index is 0.200. The fourth-order valence-electron chi connectivity index (χ4n) is 5.96. The van der Waals surface area contributed by atoms with Crippen LogP contribution in [0.2, 0.25) is 0 Å². The van der Waals surface area contributed by atoms with Crippen LogP contribution in [0.5, 0.6) is 0 Å². The Kier molecular flexibility index (Phi) is 14.0. The summed E-state index contributed by atoms with van der Waals surface area (Å²) >= 11 is 0. The lowest BCUT2D eigenvalue weighted by Gasteiger charge is -2.24. The van der Waals surface area contributed by atoms with Crippen molar-refractivity contribution in [2.45, 2.75) is 78.6 Å². The predicted octanol–water partition coefficient (Wildman–Crippen LogP) is 14.3. The summed E-state index contributed by atoms with van der Waals surface area (Å²) in [6.45, 7) is 20.2. The van der Waals surface area contributed by atoms with E-state index in [1.807, 2.05) is 18.2 Å². The molecule has 0 N–H and O–H groups in total. The molecule has 6 rings (SSSR count). The monoisotopic (exact) mass is 718 g/mol. The van der Waals surface area contributed by atoms with Crippen LogP contribution in [0.15, 0.2) is 164 Å². The molecule has 0 amide bonds. The Morgan fingerprint density at radius 2 is 0.407 bits per heavy atom. The van der Waals surface area contributed by atoms with Crippen molar-refractivity contribution < 1.29 is 0 Å². The third-order valence-electron chi connectivity index (χ3n) is 9.79. The van der Waals surface area contributed by atoms with E-state index in [1.54, 1.807) is 0 Å². The highest BCUT2D eigenvalue weighted by molar-refractivity contribution is 5.64. The van der Waals surface area contributed by atoms with Gasteiger partial charge >= 0.3 is 0 Å². The molecule has 282 valence electrons. The van der Waals surface area contributed by atoms with Crippen molar-refractivity contribution in [1.82, 2.24) is 0 Å². The second kappa shape index (κ2) is 18.2. The molecule has 0 aliphatic heterocycles. The quantitative estimate of drug-likeness (QED) is 0.170. The van der Waals surface area contributed by atoms with E-state index in [-0.39, 0.29) is 16.2 Å². The van der Waals surface area contributed by atoms with Gasteiger partial charge in [0, 0.05) is 55.3 Å². The molecule has 0 spiro atoms. The molecule has 0 saturated heterocycles. The lowest BCUT2D eigenvalue weighted by Crippen LogP contribution is -2.14. The molecule has 0 aliphatic carbocycles. The largest absolute Gasteiger partial charge is 0.345 e. The van der Waals surface area contributed by atoms with Crippen LogP contribution in [0.3, 0.4) is 0 Å². The Hall–Kier alpha value is -5.28. The van der Waals surface area contributed by atoms with Crippen molar-refractivity contribution in [3.63, 3.8) is 0 Å². The van der Waals surface area contributed by atoms with Crippen LogP contribution in [0, 0.1) is 0 Å². The third-order valence-corrected chi connectivity index (χ3v) is 9.79. The summed E-state index contributed by atoms with van der Waals surface area (Å²) in [6, 6.07) is 57.7. The molecule has 0 bridgehead atoms. The van der Waals surface area contributed by atoms with Crippen LogP contribution < -0.4 is 14.7 Å². The Morgan fingerprint density at radius 1 is 0.241 bits per heavy atom. The van der Waals surface area contributed by atoms with Gasteiger partial charge in [0.25, 0.3) is 0 Å². The standard InChI is InChI=1S/C21H29N.C17H21N.C13H13N/c1-20(2,3)16-8-12-18(13-9-16)22(7)19-14-10-17(11-15-19)21(4,5)6;1-17(2,3)14-10-12-16(13-11-14)18(4)15-8-6-5-7-9-15;1-14(12-8-4-2-5-9-12)13-10-6-3-7-11-13/h8-15H,1-7H3;5-13H,1-4H3;2-11H,1H3. The number of nitrogens with zero attached hydrogens (tertiary/aromatic N) is 3. The zero-order valence-corrected chi connectivity index (χ0v) is 34.9. The van der Waals surface area contributed by atoms with Gasteiger partial charge in [-0.3, -0.25) is 0 Å². The number of para-hydroxylation sites is 3. The number of hydrogen-bond acceptors (Lipinski definition) is 3. The van der Waals surface area contributed by atoms with Gasteiger partial charge in [0.05, 0.1) is 0 Å². The maximum Gasteiger partial charge on any atom is 0.0408 e. The molecule has 0 radical (unpaired) electrons. The maximum absolute atomic E-state index is 2.25. The zero-order valence-electron chi connectivity index (χ0n) is 34.9. The van der Waals surface area contributed by atoms with Gasteiger partial charge < -0.3 is 14.7 Å². The molecule has 6 aromatic rings. The highest BCUT2D eigenvalue weighted by Gasteiger charge is 2.16. The van der Waals surface area contributed by atoms with Crippen LogP contribution in [0.25, 0.3) is 0 Å². The molecular weight excluding hydrogens is 655 g/mol. The first-order chi connectivity index (χ1) is 25.4. The van der Waals surface area contributed by atoms with Crippen molar-refractivity contribution in [2.24, 2.45) is 0 Å². The molecule has 0 unspecified atom stereocenters. The first kappa shape index (κ1) is 41.5.